The Morgan fingerprint density at radius 2 is 2.14 bits per heavy atom. The highest BCUT2D eigenvalue weighted by Gasteiger charge is 2.26. The molecule has 2 aliphatic rings. The van der Waals surface area contributed by atoms with Gasteiger partial charge < -0.3 is 14.6 Å². The smallest absolute Gasteiger partial charge is 0.290 e. The number of thioether (sulfide) groups is 1. The molecule has 5 rings (SSSR count). The van der Waals surface area contributed by atoms with Crippen molar-refractivity contribution in [2.45, 2.75) is 19.4 Å². The molecule has 0 saturated carbocycles. The van der Waals surface area contributed by atoms with E-state index in [0.717, 1.165) is 49.8 Å². The van der Waals surface area contributed by atoms with E-state index in [9.17, 15) is 14.9 Å². The van der Waals surface area contributed by atoms with Crippen LogP contribution in [0.15, 0.2) is 52.2 Å². The summed E-state index contributed by atoms with van der Waals surface area (Å²) in [6.07, 6.45) is 8.61. The number of pyridine rings is 1. The summed E-state index contributed by atoms with van der Waals surface area (Å²) >= 11 is 0.875. The normalized spacial score (nSPS) is 17.4. The molecule has 2 amide bonds. The van der Waals surface area contributed by atoms with Crippen molar-refractivity contribution in [3.63, 3.8) is 0 Å². The van der Waals surface area contributed by atoms with Gasteiger partial charge in [0.1, 0.15) is 11.8 Å². The number of aromatic nitrogens is 3. The zero-order valence-electron chi connectivity index (χ0n) is 19.3. The minimum absolute atomic E-state index is 0.335. The second-order valence-electron chi connectivity index (χ2n) is 8.52. The third-order valence-electron chi connectivity index (χ3n) is 6.06. The summed E-state index contributed by atoms with van der Waals surface area (Å²) in [5.74, 6) is 1.33. The Morgan fingerprint density at radius 3 is 2.86 bits per heavy atom. The Morgan fingerprint density at radius 1 is 1.28 bits per heavy atom. The van der Waals surface area contributed by atoms with E-state index >= 15 is 0 Å². The molecule has 0 aliphatic carbocycles. The fourth-order valence-electron chi connectivity index (χ4n) is 4.21. The molecule has 5 heterocycles. The second-order valence-corrected chi connectivity index (χ2v) is 9.54. The summed E-state index contributed by atoms with van der Waals surface area (Å²) in [5, 5.41) is 14.9. The first kappa shape index (κ1) is 23.7. The lowest BCUT2D eigenvalue weighted by molar-refractivity contribution is -0.115. The molecule has 2 aliphatic heterocycles. The van der Waals surface area contributed by atoms with Crippen molar-refractivity contribution in [3.05, 3.63) is 64.6 Å². The van der Waals surface area contributed by atoms with E-state index in [1.807, 2.05) is 6.07 Å². The molecule has 3 aromatic rings. The van der Waals surface area contributed by atoms with E-state index in [1.165, 1.54) is 0 Å². The highest BCUT2D eigenvalue weighted by atomic mass is 32.2. The first-order chi connectivity index (χ1) is 17.6. The molecule has 3 aromatic heterocycles. The van der Waals surface area contributed by atoms with Gasteiger partial charge in [0, 0.05) is 32.0 Å². The standard InChI is InChI=1S/C25H23N7O3S/c26-12-18-10-17(15-29-22(18)20-2-1-9-35-20)14-27-13-16-4-7-32(8-5-16)24-28-6-3-19(30-24)11-21-23(33)31-25(34)36-21/h1-3,6,9-11,15-16,27H,4-5,7-8,13-14H2,(H,31,33,34). The first-order valence-electron chi connectivity index (χ1n) is 11.6. The summed E-state index contributed by atoms with van der Waals surface area (Å²) in [7, 11) is 0. The van der Waals surface area contributed by atoms with Crippen LogP contribution in [0.5, 0.6) is 0 Å². The molecular weight excluding hydrogens is 478 g/mol. The molecule has 2 saturated heterocycles. The minimum Gasteiger partial charge on any atom is -0.463 e. The third kappa shape index (κ3) is 5.45. The number of carbonyl (C=O) groups excluding carboxylic acids is 2. The molecule has 36 heavy (non-hydrogen) atoms. The maximum atomic E-state index is 11.8. The SMILES string of the molecule is N#Cc1cc(CNCC2CCN(c3nccc(C=C4SC(=O)NC4=O)n3)CC2)cnc1-c1ccco1. The summed E-state index contributed by atoms with van der Waals surface area (Å²) < 4.78 is 5.37. The first-order valence-corrected chi connectivity index (χ1v) is 12.4. The van der Waals surface area contributed by atoms with Crippen molar-refractivity contribution >= 4 is 34.9 Å². The zero-order chi connectivity index (χ0) is 24.9. The number of furan rings is 1. The molecule has 0 unspecified atom stereocenters. The monoisotopic (exact) mass is 501 g/mol. The second kappa shape index (κ2) is 10.7. The van der Waals surface area contributed by atoms with Crippen LogP contribution < -0.4 is 15.5 Å². The van der Waals surface area contributed by atoms with Gasteiger partial charge in [-0.3, -0.25) is 19.9 Å². The fraction of sp³-hybridized carbons (Fsp3) is 0.280. The van der Waals surface area contributed by atoms with Crippen molar-refractivity contribution in [2.75, 3.05) is 24.5 Å². The van der Waals surface area contributed by atoms with Crippen LogP contribution in [0.4, 0.5) is 10.7 Å². The molecular formula is C25H23N7O3S. The third-order valence-corrected chi connectivity index (χ3v) is 6.87. The number of carbonyl (C=O) groups is 2. The average Bonchev–Trinajstić information content (AvgIpc) is 3.54. The molecule has 10 nitrogen and oxygen atoms in total. The van der Waals surface area contributed by atoms with Gasteiger partial charge in [-0.05, 0) is 73.0 Å². The van der Waals surface area contributed by atoms with E-state index < -0.39 is 5.91 Å². The maximum Gasteiger partial charge on any atom is 0.290 e. The van der Waals surface area contributed by atoms with E-state index in [-0.39, 0.29) is 5.24 Å². The number of rotatable bonds is 7. The number of hydrogen-bond donors (Lipinski definition) is 2. The lowest BCUT2D eigenvalue weighted by Gasteiger charge is -2.32. The van der Waals surface area contributed by atoms with Crippen molar-refractivity contribution in [1.29, 1.82) is 5.26 Å². The summed E-state index contributed by atoms with van der Waals surface area (Å²) in [6.45, 7) is 3.16. The average molecular weight is 502 g/mol. The number of imide groups is 1. The number of nitrogens with zero attached hydrogens (tertiary/aromatic N) is 5. The van der Waals surface area contributed by atoms with E-state index in [1.54, 1.807) is 42.9 Å². The summed E-state index contributed by atoms with van der Waals surface area (Å²) in [6, 6.07) is 9.34. The highest BCUT2D eigenvalue weighted by molar-refractivity contribution is 8.18. The van der Waals surface area contributed by atoms with Crippen LogP contribution in [0.2, 0.25) is 0 Å². The van der Waals surface area contributed by atoms with Gasteiger partial charge in [0.05, 0.1) is 22.4 Å². The van der Waals surface area contributed by atoms with Crippen molar-refractivity contribution in [1.82, 2.24) is 25.6 Å². The highest BCUT2D eigenvalue weighted by Crippen LogP contribution is 2.26. The van der Waals surface area contributed by atoms with Crippen LogP contribution >= 0.6 is 11.8 Å². The van der Waals surface area contributed by atoms with Crippen LogP contribution in [0.3, 0.4) is 0 Å². The van der Waals surface area contributed by atoms with Crippen LogP contribution in [-0.4, -0.2) is 45.7 Å². The molecule has 2 fully saturated rings. The molecule has 0 spiro atoms. The van der Waals surface area contributed by atoms with Crippen LogP contribution in [0.25, 0.3) is 17.5 Å². The van der Waals surface area contributed by atoms with Crippen LogP contribution in [0.1, 0.15) is 29.7 Å². The molecule has 0 aromatic carbocycles. The summed E-state index contributed by atoms with van der Waals surface area (Å²) in [4.78, 5) is 39.0. The molecule has 0 bridgehead atoms. The minimum atomic E-state index is -0.397. The Balaban J connectivity index is 1.12. The summed E-state index contributed by atoms with van der Waals surface area (Å²) in [5.41, 5.74) is 2.60. The Labute approximate surface area is 211 Å². The number of hydrogen-bond acceptors (Lipinski definition) is 10. The molecule has 2 N–H and O–H groups in total. The van der Waals surface area contributed by atoms with Crippen LogP contribution in [0, 0.1) is 17.2 Å². The van der Waals surface area contributed by atoms with Gasteiger partial charge in [-0.15, -0.1) is 0 Å². The number of nitriles is 1. The van der Waals surface area contributed by atoms with Gasteiger partial charge in [0.15, 0.2) is 5.76 Å². The van der Waals surface area contributed by atoms with Gasteiger partial charge in [-0.2, -0.15) is 5.26 Å². The van der Waals surface area contributed by atoms with E-state index in [0.29, 0.717) is 46.0 Å². The van der Waals surface area contributed by atoms with Gasteiger partial charge in [0.2, 0.25) is 5.95 Å². The maximum absolute atomic E-state index is 11.8. The number of nitrogens with one attached hydrogen (secondary N) is 2. The molecule has 0 radical (unpaired) electrons. The predicted molar refractivity (Wildman–Crippen MR) is 134 cm³/mol. The zero-order valence-corrected chi connectivity index (χ0v) is 20.1. The molecule has 11 heteroatoms. The van der Waals surface area contributed by atoms with Gasteiger partial charge in [-0.25, -0.2) is 9.97 Å². The van der Waals surface area contributed by atoms with Crippen LogP contribution in [-0.2, 0) is 11.3 Å². The lowest BCUT2D eigenvalue weighted by Crippen LogP contribution is -2.38. The quantitative estimate of drug-likeness (QED) is 0.464. The number of amides is 2. The van der Waals surface area contributed by atoms with Gasteiger partial charge in [-0.1, -0.05) is 0 Å². The van der Waals surface area contributed by atoms with Crippen molar-refractivity contribution in [3.8, 4) is 17.5 Å². The Bertz CT molecular complexity index is 1340. The predicted octanol–water partition coefficient (Wildman–Crippen LogP) is 3.33. The molecule has 182 valence electrons. The number of anilines is 1. The van der Waals surface area contributed by atoms with Gasteiger partial charge >= 0.3 is 0 Å². The number of piperidine rings is 1. The van der Waals surface area contributed by atoms with Gasteiger partial charge in [0.25, 0.3) is 11.1 Å². The lowest BCUT2D eigenvalue weighted by atomic mass is 9.97. The molecule has 0 atom stereocenters. The largest absolute Gasteiger partial charge is 0.463 e. The van der Waals surface area contributed by atoms with Crippen molar-refractivity contribution < 1.29 is 14.0 Å². The Hall–Kier alpha value is -4.01. The van der Waals surface area contributed by atoms with E-state index in [2.05, 4.69) is 36.6 Å². The van der Waals surface area contributed by atoms with E-state index in [4.69, 9.17) is 4.42 Å². The fourth-order valence-corrected chi connectivity index (χ4v) is 4.87. The topological polar surface area (TPSA) is 137 Å². The van der Waals surface area contributed by atoms with Crippen molar-refractivity contribution in [2.24, 2.45) is 5.92 Å². The Kier molecular flexibility index (Phi) is 7.06.